The van der Waals surface area contributed by atoms with Crippen molar-refractivity contribution >= 4 is 44.2 Å². The van der Waals surface area contributed by atoms with E-state index in [0.717, 1.165) is 16.2 Å². The van der Waals surface area contributed by atoms with Crippen LogP contribution in [0.4, 0.5) is 0 Å². The molecule has 1 heterocycles. The van der Waals surface area contributed by atoms with Crippen molar-refractivity contribution in [3.63, 3.8) is 0 Å². The Morgan fingerprint density at radius 1 is 2.00 bits per heavy atom. The van der Waals surface area contributed by atoms with Gasteiger partial charge in [-0.1, -0.05) is 39.9 Å². The van der Waals surface area contributed by atoms with E-state index < -0.39 is 0 Å². The van der Waals surface area contributed by atoms with Gasteiger partial charge in [0.25, 0.3) is 0 Å². The quantitative estimate of drug-likeness (QED) is 0.495. The second-order valence-corrected chi connectivity index (χ2v) is 4.62. The summed E-state index contributed by atoms with van der Waals surface area (Å²) < 4.78 is 1.03. The molecule has 0 radical (unpaired) electrons. The highest BCUT2D eigenvalue weighted by molar-refractivity contribution is 9.09. The summed E-state index contributed by atoms with van der Waals surface area (Å²) in [5.41, 5.74) is 0. The van der Waals surface area contributed by atoms with E-state index in [4.69, 9.17) is 12.2 Å². The van der Waals surface area contributed by atoms with E-state index in [2.05, 4.69) is 20.8 Å². The van der Waals surface area contributed by atoms with Gasteiger partial charge in [-0.3, -0.25) is 0 Å². The average Bonchev–Trinajstić information content (AvgIpc) is 2.13. The van der Waals surface area contributed by atoms with Crippen LogP contribution in [0.2, 0.25) is 0 Å². The first-order valence-electron chi connectivity index (χ1n) is 2.71. The van der Waals surface area contributed by atoms with E-state index in [9.17, 15) is 0 Å². The molecule has 0 aromatic carbocycles. The van der Waals surface area contributed by atoms with Gasteiger partial charge in [0, 0.05) is 24.2 Å². The smallest absolute Gasteiger partial charge is 0.136 e. The summed E-state index contributed by atoms with van der Waals surface area (Å²) in [6.45, 7) is 1.09. The molecular weight excluding hydrogens is 218 g/mol. The van der Waals surface area contributed by atoms with E-state index in [1.807, 2.05) is 7.05 Å². The second-order valence-electron chi connectivity index (χ2n) is 2.04. The maximum atomic E-state index is 5.05. The molecule has 1 aliphatic rings. The molecule has 0 aliphatic carbocycles. The normalized spacial score (nSPS) is 27.6. The largest absolute Gasteiger partial charge is 0.359 e. The first-order valence-corrected chi connectivity index (χ1v) is 5.12. The van der Waals surface area contributed by atoms with Gasteiger partial charge in [-0.2, -0.15) is 0 Å². The molecule has 1 unspecified atom stereocenters. The molecule has 0 spiro atoms. The first kappa shape index (κ1) is 7.82. The van der Waals surface area contributed by atoms with Crippen LogP contribution in [0.1, 0.15) is 0 Å². The molecule has 52 valence electrons. The fourth-order valence-corrected chi connectivity index (χ4v) is 2.71. The molecule has 0 aromatic rings. The number of rotatable bonds is 1. The monoisotopic (exact) mass is 225 g/mol. The number of thiocarbonyl (C=S) groups is 1. The minimum atomic E-state index is 0.669. The van der Waals surface area contributed by atoms with Gasteiger partial charge in [-0.15, -0.1) is 0 Å². The van der Waals surface area contributed by atoms with Gasteiger partial charge >= 0.3 is 0 Å². The Hall–Kier alpha value is 0.720. The van der Waals surface area contributed by atoms with Crippen LogP contribution in [0.5, 0.6) is 0 Å². The third-order valence-corrected chi connectivity index (χ3v) is 4.20. The van der Waals surface area contributed by atoms with E-state index in [0.29, 0.717) is 5.25 Å². The molecule has 1 fully saturated rings. The lowest BCUT2D eigenvalue weighted by molar-refractivity contribution is 0.542. The molecule has 0 aromatic heterocycles. The summed E-state index contributed by atoms with van der Waals surface area (Å²) in [6, 6.07) is 0. The fourth-order valence-electron chi connectivity index (χ4n) is 0.730. The summed E-state index contributed by atoms with van der Waals surface area (Å²) >= 11 is 10.3. The zero-order chi connectivity index (χ0) is 6.85. The Labute approximate surface area is 73.3 Å². The standard InChI is InChI=1S/C5H8BrNS2/c1-7-3-4(2-6)9-5(7)8/h4H,2-3H2,1H3. The van der Waals surface area contributed by atoms with Crippen molar-refractivity contribution < 1.29 is 0 Å². The van der Waals surface area contributed by atoms with Crippen molar-refractivity contribution in [2.45, 2.75) is 5.25 Å². The molecule has 1 nitrogen and oxygen atoms in total. The molecule has 1 atom stereocenters. The summed E-state index contributed by atoms with van der Waals surface area (Å²) in [6.07, 6.45) is 0. The molecule has 0 bridgehead atoms. The zero-order valence-electron chi connectivity index (χ0n) is 5.13. The van der Waals surface area contributed by atoms with Crippen molar-refractivity contribution in [3.05, 3.63) is 0 Å². The lowest BCUT2D eigenvalue weighted by Crippen LogP contribution is -2.19. The van der Waals surface area contributed by atoms with E-state index in [1.54, 1.807) is 11.8 Å². The van der Waals surface area contributed by atoms with Crippen LogP contribution in [0, 0.1) is 0 Å². The Balaban J connectivity index is 2.44. The van der Waals surface area contributed by atoms with Crippen molar-refractivity contribution in [2.75, 3.05) is 18.9 Å². The lowest BCUT2D eigenvalue weighted by atomic mass is 10.4. The zero-order valence-corrected chi connectivity index (χ0v) is 8.35. The van der Waals surface area contributed by atoms with Crippen LogP contribution in [-0.2, 0) is 0 Å². The molecule has 1 aliphatic heterocycles. The maximum absolute atomic E-state index is 5.05. The topological polar surface area (TPSA) is 3.24 Å². The molecule has 9 heavy (non-hydrogen) atoms. The molecule has 4 heteroatoms. The molecule has 1 saturated heterocycles. The number of alkyl halides is 1. The summed E-state index contributed by atoms with van der Waals surface area (Å²) in [5, 5.41) is 1.71. The Bertz CT molecular complexity index is 128. The Kier molecular flexibility index (Phi) is 2.79. The van der Waals surface area contributed by atoms with Gasteiger partial charge in [0.15, 0.2) is 0 Å². The molecule has 0 saturated carbocycles. The number of nitrogens with zero attached hydrogens (tertiary/aromatic N) is 1. The minimum Gasteiger partial charge on any atom is -0.359 e. The summed E-state index contributed by atoms with van der Waals surface area (Å²) in [4.78, 5) is 2.12. The van der Waals surface area contributed by atoms with Crippen LogP contribution in [0.15, 0.2) is 0 Å². The summed E-state index contributed by atoms with van der Waals surface area (Å²) in [7, 11) is 2.04. The van der Waals surface area contributed by atoms with Crippen molar-refractivity contribution in [1.29, 1.82) is 0 Å². The van der Waals surface area contributed by atoms with Crippen LogP contribution < -0.4 is 0 Å². The minimum absolute atomic E-state index is 0.669. The van der Waals surface area contributed by atoms with Crippen molar-refractivity contribution in [3.8, 4) is 0 Å². The van der Waals surface area contributed by atoms with Crippen LogP contribution in [0.3, 0.4) is 0 Å². The van der Waals surface area contributed by atoms with E-state index in [-0.39, 0.29) is 0 Å². The van der Waals surface area contributed by atoms with Gasteiger partial charge in [0.1, 0.15) is 4.32 Å². The van der Waals surface area contributed by atoms with Gasteiger partial charge in [-0.05, 0) is 0 Å². The summed E-state index contributed by atoms with van der Waals surface area (Å²) in [5.74, 6) is 0. The van der Waals surface area contributed by atoms with Crippen molar-refractivity contribution in [1.82, 2.24) is 4.90 Å². The van der Waals surface area contributed by atoms with Gasteiger partial charge < -0.3 is 4.90 Å². The molecule has 1 rings (SSSR count). The van der Waals surface area contributed by atoms with E-state index >= 15 is 0 Å². The van der Waals surface area contributed by atoms with Gasteiger partial charge in [0.2, 0.25) is 0 Å². The maximum Gasteiger partial charge on any atom is 0.136 e. The number of hydrogen-bond donors (Lipinski definition) is 0. The highest BCUT2D eigenvalue weighted by Gasteiger charge is 2.22. The number of halogens is 1. The molecule has 0 amide bonds. The first-order chi connectivity index (χ1) is 4.24. The lowest BCUT2D eigenvalue weighted by Gasteiger charge is -2.06. The number of hydrogen-bond acceptors (Lipinski definition) is 2. The Morgan fingerprint density at radius 3 is 2.89 bits per heavy atom. The molecular formula is C5H8BrNS2. The molecule has 0 N–H and O–H groups in total. The Morgan fingerprint density at radius 2 is 2.67 bits per heavy atom. The third-order valence-electron chi connectivity index (χ3n) is 1.23. The van der Waals surface area contributed by atoms with Gasteiger partial charge in [-0.25, -0.2) is 0 Å². The van der Waals surface area contributed by atoms with Crippen LogP contribution in [-0.4, -0.2) is 33.4 Å². The predicted octanol–water partition coefficient (Wildman–Crippen LogP) is 1.71. The van der Waals surface area contributed by atoms with Crippen LogP contribution in [0.25, 0.3) is 0 Å². The highest BCUT2D eigenvalue weighted by atomic mass is 79.9. The average molecular weight is 226 g/mol. The number of thioether (sulfide) groups is 1. The van der Waals surface area contributed by atoms with E-state index in [1.165, 1.54) is 0 Å². The predicted molar refractivity (Wildman–Crippen MR) is 50.4 cm³/mol. The van der Waals surface area contributed by atoms with Crippen LogP contribution >= 0.6 is 39.9 Å². The second kappa shape index (κ2) is 3.21. The third kappa shape index (κ3) is 1.82. The SMILES string of the molecule is CN1CC(CBr)SC1=S. The highest BCUT2D eigenvalue weighted by Crippen LogP contribution is 2.25. The van der Waals surface area contributed by atoms with Crippen molar-refractivity contribution in [2.24, 2.45) is 0 Å². The van der Waals surface area contributed by atoms with Gasteiger partial charge in [0.05, 0.1) is 0 Å². The fraction of sp³-hybridized carbons (Fsp3) is 0.800.